The summed E-state index contributed by atoms with van der Waals surface area (Å²) in [7, 11) is 0. The normalized spacial score (nSPS) is 14.7. The molecule has 1 unspecified atom stereocenters. The van der Waals surface area contributed by atoms with Crippen molar-refractivity contribution in [1.82, 2.24) is 25.5 Å². The predicted octanol–water partition coefficient (Wildman–Crippen LogP) is 3.57. The maximum atomic E-state index is 13.3. The molecule has 1 N–H and O–H groups in total. The molecule has 27 heavy (non-hydrogen) atoms. The molecule has 0 bridgehead atoms. The monoisotopic (exact) mass is 403 g/mol. The number of amides is 1. The van der Waals surface area contributed by atoms with Crippen LogP contribution >= 0.6 is 23.4 Å². The molecule has 6 nitrogen and oxygen atoms in total. The molecule has 4 rings (SSSR count). The second kappa shape index (κ2) is 7.66. The largest absolute Gasteiger partial charge is 0.352 e. The zero-order valence-corrected chi connectivity index (χ0v) is 15.6. The van der Waals surface area contributed by atoms with Crippen LogP contribution in [0.1, 0.15) is 23.7 Å². The molecule has 3 aromatic rings. The molecule has 1 aliphatic rings. The van der Waals surface area contributed by atoms with Crippen LogP contribution in [0.15, 0.2) is 53.7 Å². The summed E-state index contributed by atoms with van der Waals surface area (Å²) in [4.78, 5) is 12.8. The molecule has 1 amide bonds. The van der Waals surface area contributed by atoms with Crippen LogP contribution in [0.3, 0.4) is 0 Å². The minimum Gasteiger partial charge on any atom is -0.352 e. The van der Waals surface area contributed by atoms with Crippen LogP contribution in [-0.2, 0) is 4.79 Å². The number of carbonyl (C=O) groups is 1. The van der Waals surface area contributed by atoms with Crippen molar-refractivity contribution in [1.29, 1.82) is 0 Å². The highest BCUT2D eigenvalue weighted by Crippen LogP contribution is 2.36. The van der Waals surface area contributed by atoms with Crippen LogP contribution < -0.4 is 5.32 Å². The Kier molecular flexibility index (Phi) is 5.09. The highest BCUT2D eigenvalue weighted by Gasteiger charge is 2.30. The first-order valence-electron chi connectivity index (χ1n) is 8.37. The maximum absolute atomic E-state index is 13.3. The number of rotatable bonds is 6. The third kappa shape index (κ3) is 4.28. The van der Waals surface area contributed by atoms with Gasteiger partial charge in [0.2, 0.25) is 11.1 Å². The third-order valence-electron chi connectivity index (χ3n) is 4.05. The number of benzene rings is 2. The van der Waals surface area contributed by atoms with Gasteiger partial charge in [-0.25, -0.2) is 4.39 Å². The molecular weight excluding hydrogens is 389 g/mol. The molecule has 9 heteroatoms. The van der Waals surface area contributed by atoms with E-state index in [4.69, 9.17) is 11.6 Å². The highest BCUT2D eigenvalue weighted by atomic mass is 35.5. The zero-order chi connectivity index (χ0) is 18.8. The Morgan fingerprint density at radius 2 is 2.04 bits per heavy atom. The molecule has 0 aliphatic heterocycles. The molecule has 2 aromatic carbocycles. The number of tetrazole rings is 1. The molecule has 1 saturated carbocycles. The van der Waals surface area contributed by atoms with Crippen molar-refractivity contribution in [3.63, 3.8) is 0 Å². The van der Waals surface area contributed by atoms with Crippen molar-refractivity contribution in [2.45, 2.75) is 29.3 Å². The average molecular weight is 404 g/mol. The maximum Gasteiger partial charge on any atom is 0.238 e. The number of nitrogens with zero attached hydrogens (tertiary/aromatic N) is 4. The summed E-state index contributed by atoms with van der Waals surface area (Å²) in [6.45, 7) is 0. The summed E-state index contributed by atoms with van der Waals surface area (Å²) < 4.78 is 14.8. The smallest absolute Gasteiger partial charge is 0.238 e. The lowest BCUT2D eigenvalue weighted by Crippen LogP contribution is -2.30. The SMILES string of the molecule is O=C(NC1CC1)C(Sc1nnnn1-c1cccc(Cl)c1)c1ccc(F)cc1. The van der Waals surface area contributed by atoms with E-state index in [9.17, 15) is 9.18 Å². The lowest BCUT2D eigenvalue weighted by molar-refractivity contribution is -0.120. The first-order chi connectivity index (χ1) is 13.1. The first-order valence-corrected chi connectivity index (χ1v) is 9.63. The Bertz CT molecular complexity index is 960. The van der Waals surface area contributed by atoms with Crippen LogP contribution in [0.2, 0.25) is 5.02 Å². The van der Waals surface area contributed by atoms with E-state index in [1.165, 1.54) is 28.6 Å². The number of nitrogens with one attached hydrogen (secondary N) is 1. The van der Waals surface area contributed by atoms with E-state index in [0.717, 1.165) is 12.8 Å². The van der Waals surface area contributed by atoms with Gasteiger partial charge in [0.05, 0.1) is 5.69 Å². The summed E-state index contributed by atoms with van der Waals surface area (Å²) in [5, 5.41) is 15.2. The third-order valence-corrected chi connectivity index (χ3v) is 5.47. The molecule has 0 saturated heterocycles. The van der Waals surface area contributed by atoms with Gasteiger partial charge in [0.15, 0.2) is 0 Å². The lowest BCUT2D eigenvalue weighted by Gasteiger charge is -2.16. The van der Waals surface area contributed by atoms with Crippen molar-refractivity contribution >= 4 is 29.3 Å². The number of aromatic nitrogens is 4. The lowest BCUT2D eigenvalue weighted by atomic mass is 10.1. The first kappa shape index (κ1) is 17.9. The van der Waals surface area contributed by atoms with Crippen molar-refractivity contribution in [2.24, 2.45) is 0 Å². The van der Waals surface area contributed by atoms with E-state index in [-0.39, 0.29) is 17.8 Å². The van der Waals surface area contributed by atoms with E-state index in [0.29, 0.717) is 21.4 Å². The highest BCUT2D eigenvalue weighted by molar-refractivity contribution is 8.00. The van der Waals surface area contributed by atoms with E-state index in [1.807, 2.05) is 6.07 Å². The molecule has 0 radical (unpaired) electrons. The van der Waals surface area contributed by atoms with Gasteiger partial charge in [-0.1, -0.05) is 41.6 Å². The van der Waals surface area contributed by atoms with Gasteiger partial charge in [-0.05, 0) is 59.2 Å². The molecule has 1 heterocycles. The molecular formula is C18H15ClFN5OS. The summed E-state index contributed by atoms with van der Waals surface area (Å²) in [6, 6.07) is 13.2. The second-order valence-electron chi connectivity index (χ2n) is 6.19. The fourth-order valence-electron chi connectivity index (χ4n) is 2.54. The molecule has 1 atom stereocenters. The van der Waals surface area contributed by atoms with Gasteiger partial charge >= 0.3 is 0 Å². The van der Waals surface area contributed by atoms with Crippen LogP contribution in [0, 0.1) is 5.82 Å². The Labute approximate surface area is 164 Å². The molecule has 1 aliphatic carbocycles. The van der Waals surface area contributed by atoms with Gasteiger partial charge in [0, 0.05) is 11.1 Å². The zero-order valence-electron chi connectivity index (χ0n) is 14.0. The van der Waals surface area contributed by atoms with Crippen molar-refractivity contribution in [2.75, 3.05) is 0 Å². The summed E-state index contributed by atoms with van der Waals surface area (Å²) in [5.41, 5.74) is 1.37. The number of halogens is 2. The topological polar surface area (TPSA) is 72.7 Å². The van der Waals surface area contributed by atoms with E-state index in [2.05, 4.69) is 20.8 Å². The standard InChI is InChI=1S/C18H15ClFN5OS/c19-12-2-1-3-15(10-12)25-18(22-23-24-25)27-16(17(26)21-14-8-9-14)11-4-6-13(20)7-5-11/h1-7,10,14,16H,8-9H2,(H,21,26). The van der Waals surface area contributed by atoms with Crippen molar-refractivity contribution in [3.05, 3.63) is 64.9 Å². The van der Waals surface area contributed by atoms with Crippen molar-refractivity contribution < 1.29 is 9.18 Å². The quantitative estimate of drug-likeness (QED) is 0.637. The Hall–Kier alpha value is -2.45. The average Bonchev–Trinajstić information content (AvgIpc) is 3.34. The Morgan fingerprint density at radius 3 is 2.74 bits per heavy atom. The Morgan fingerprint density at radius 1 is 1.26 bits per heavy atom. The van der Waals surface area contributed by atoms with Crippen LogP contribution in [0.25, 0.3) is 5.69 Å². The molecule has 0 spiro atoms. The van der Waals surface area contributed by atoms with Crippen LogP contribution in [0.5, 0.6) is 0 Å². The van der Waals surface area contributed by atoms with Crippen molar-refractivity contribution in [3.8, 4) is 5.69 Å². The van der Waals surface area contributed by atoms with Gasteiger partial charge < -0.3 is 5.32 Å². The number of hydrogen-bond acceptors (Lipinski definition) is 5. The minimum atomic E-state index is -0.602. The predicted molar refractivity (Wildman–Crippen MR) is 100 cm³/mol. The van der Waals surface area contributed by atoms with Gasteiger partial charge in [-0.15, -0.1) is 5.10 Å². The summed E-state index contributed by atoms with van der Waals surface area (Å²) in [6.07, 6.45) is 1.96. The number of hydrogen-bond donors (Lipinski definition) is 1. The van der Waals surface area contributed by atoms with Crippen LogP contribution in [-0.4, -0.2) is 32.2 Å². The summed E-state index contributed by atoms with van der Waals surface area (Å²) >= 11 is 7.27. The molecule has 1 aromatic heterocycles. The van der Waals surface area contributed by atoms with Gasteiger partial charge in [-0.3, -0.25) is 4.79 Å². The fourth-order valence-corrected chi connectivity index (χ4v) is 3.73. The molecule has 138 valence electrons. The number of carbonyl (C=O) groups excluding carboxylic acids is 1. The minimum absolute atomic E-state index is 0.144. The van der Waals surface area contributed by atoms with Crippen LogP contribution in [0.4, 0.5) is 4.39 Å². The van der Waals surface area contributed by atoms with E-state index < -0.39 is 5.25 Å². The Balaban J connectivity index is 1.64. The number of thioether (sulfide) groups is 1. The second-order valence-corrected chi connectivity index (χ2v) is 7.69. The van der Waals surface area contributed by atoms with E-state index >= 15 is 0 Å². The fraction of sp³-hybridized carbons (Fsp3) is 0.222. The van der Waals surface area contributed by atoms with E-state index in [1.54, 1.807) is 30.3 Å². The summed E-state index contributed by atoms with van der Waals surface area (Å²) in [5.74, 6) is -0.497. The van der Waals surface area contributed by atoms with Gasteiger partial charge in [0.25, 0.3) is 0 Å². The van der Waals surface area contributed by atoms with Gasteiger partial charge in [-0.2, -0.15) is 4.68 Å². The van der Waals surface area contributed by atoms with Gasteiger partial charge in [0.1, 0.15) is 11.1 Å². The molecule has 1 fully saturated rings.